The first kappa shape index (κ1) is 24.2. The molecule has 1 fully saturated rings. The lowest BCUT2D eigenvalue weighted by Crippen LogP contribution is -2.54. The van der Waals surface area contributed by atoms with Gasteiger partial charge in [-0.15, -0.1) is 0 Å². The molecule has 40 heavy (non-hydrogen) atoms. The fourth-order valence-electron chi connectivity index (χ4n) is 7.09. The summed E-state index contributed by atoms with van der Waals surface area (Å²) in [6.07, 6.45) is 2.75. The molecule has 0 spiro atoms. The number of rotatable bonds is 5. The molecule has 196 valence electrons. The Kier molecular flexibility index (Phi) is 5.32. The van der Waals surface area contributed by atoms with Crippen LogP contribution < -0.4 is 4.90 Å². The van der Waals surface area contributed by atoms with E-state index in [1.54, 1.807) is 6.07 Å². The SMILES string of the molecule is CCc1ccc(N=CC23c4ccccc4C(c4ccccc42)[C@H]2C(=O)N(c4ccccc4[N+](=O)[O-])C(=O)[C@@H]23)cc1. The minimum atomic E-state index is -1.03. The van der Waals surface area contributed by atoms with Gasteiger partial charge in [0, 0.05) is 18.2 Å². The van der Waals surface area contributed by atoms with E-state index in [1.807, 2.05) is 79.0 Å². The maximum absolute atomic E-state index is 14.5. The van der Waals surface area contributed by atoms with Gasteiger partial charge in [0.1, 0.15) is 5.69 Å². The molecule has 0 aromatic heterocycles. The van der Waals surface area contributed by atoms with E-state index in [4.69, 9.17) is 4.99 Å². The highest BCUT2D eigenvalue weighted by Gasteiger charge is 2.68. The Hall–Kier alpha value is -4.91. The number of nitrogens with zero attached hydrogens (tertiary/aromatic N) is 3. The number of carbonyl (C=O) groups excluding carboxylic acids is 2. The van der Waals surface area contributed by atoms with Gasteiger partial charge >= 0.3 is 0 Å². The number of anilines is 1. The van der Waals surface area contributed by atoms with Crippen LogP contribution in [-0.4, -0.2) is 23.0 Å². The van der Waals surface area contributed by atoms with Crippen LogP contribution in [0.3, 0.4) is 0 Å². The summed E-state index contributed by atoms with van der Waals surface area (Å²) in [5.74, 6) is -2.71. The molecule has 3 aliphatic carbocycles. The number of hydrogen-bond donors (Lipinski definition) is 0. The van der Waals surface area contributed by atoms with E-state index >= 15 is 0 Å². The monoisotopic (exact) mass is 527 g/mol. The van der Waals surface area contributed by atoms with Gasteiger partial charge in [-0.3, -0.25) is 24.7 Å². The molecule has 2 bridgehead atoms. The molecule has 2 atom stereocenters. The van der Waals surface area contributed by atoms with Crippen LogP contribution in [-0.2, 0) is 21.4 Å². The number of hydrogen-bond acceptors (Lipinski definition) is 5. The zero-order chi connectivity index (χ0) is 27.6. The third kappa shape index (κ3) is 3.14. The van der Waals surface area contributed by atoms with Crippen molar-refractivity contribution in [3.05, 3.63) is 135 Å². The molecular formula is C33H25N3O4. The summed E-state index contributed by atoms with van der Waals surface area (Å²) in [5, 5.41) is 11.9. The van der Waals surface area contributed by atoms with Crippen molar-refractivity contribution in [1.82, 2.24) is 0 Å². The van der Waals surface area contributed by atoms with Gasteiger partial charge in [-0.05, 0) is 52.4 Å². The number of carbonyl (C=O) groups is 2. The van der Waals surface area contributed by atoms with Crippen LogP contribution in [0.15, 0.2) is 102 Å². The number of aliphatic imine (C=N–C) groups is 1. The standard InChI is InChI=1S/C33H25N3O4/c1-2-20-15-17-21(18-16-20)34-19-33-24-11-5-3-9-22(24)28(23-10-4-6-12-25(23)33)29-30(33)32(38)35(31(29)37)26-13-7-8-14-27(26)36(39)40/h3-19,28-30H,2H2,1H3/t28?,29-,30-,33?/m1/s1. The fourth-order valence-corrected chi connectivity index (χ4v) is 7.09. The lowest BCUT2D eigenvalue weighted by molar-refractivity contribution is -0.384. The number of nitro benzene ring substituents is 1. The Morgan fingerprint density at radius 3 is 2.08 bits per heavy atom. The first-order chi connectivity index (χ1) is 19.5. The van der Waals surface area contributed by atoms with Crippen molar-refractivity contribution >= 4 is 35.1 Å². The summed E-state index contributed by atoms with van der Waals surface area (Å²) in [4.78, 5) is 46.0. The molecule has 0 radical (unpaired) electrons. The van der Waals surface area contributed by atoms with Gasteiger partial charge in [-0.25, -0.2) is 4.90 Å². The van der Waals surface area contributed by atoms with Crippen molar-refractivity contribution in [2.45, 2.75) is 24.7 Å². The maximum Gasteiger partial charge on any atom is 0.293 e. The third-order valence-corrected chi connectivity index (χ3v) is 8.76. The van der Waals surface area contributed by atoms with Crippen molar-refractivity contribution in [1.29, 1.82) is 0 Å². The second-order valence-electron chi connectivity index (χ2n) is 10.6. The van der Waals surface area contributed by atoms with E-state index in [0.717, 1.165) is 39.3 Å². The second-order valence-corrected chi connectivity index (χ2v) is 10.6. The molecule has 0 saturated carbocycles. The third-order valence-electron chi connectivity index (χ3n) is 8.76. The molecule has 2 amide bonds. The van der Waals surface area contributed by atoms with Crippen molar-refractivity contribution in [3.63, 3.8) is 0 Å². The van der Waals surface area contributed by atoms with Crippen molar-refractivity contribution in [2.75, 3.05) is 4.90 Å². The van der Waals surface area contributed by atoms with Crippen LogP contribution >= 0.6 is 0 Å². The van der Waals surface area contributed by atoms with Crippen LogP contribution in [0.5, 0.6) is 0 Å². The Balaban J connectivity index is 1.48. The molecule has 7 nitrogen and oxygen atoms in total. The van der Waals surface area contributed by atoms with E-state index in [9.17, 15) is 19.7 Å². The van der Waals surface area contributed by atoms with Gasteiger partial charge in [0.15, 0.2) is 0 Å². The van der Waals surface area contributed by atoms with Gasteiger partial charge in [-0.1, -0.05) is 79.7 Å². The van der Waals surface area contributed by atoms with Gasteiger partial charge in [-0.2, -0.15) is 0 Å². The molecule has 1 heterocycles. The summed E-state index contributed by atoms with van der Waals surface area (Å²) in [5.41, 5.74) is 4.51. The maximum atomic E-state index is 14.5. The van der Waals surface area contributed by atoms with Crippen LogP contribution in [0.4, 0.5) is 17.1 Å². The number of imide groups is 1. The summed E-state index contributed by atoms with van der Waals surface area (Å²) >= 11 is 0. The number of amides is 2. The second kappa shape index (κ2) is 8.81. The smallest absolute Gasteiger partial charge is 0.274 e. The number of nitro groups is 1. The van der Waals surface area contributed by atoms with Gasteiger partial charge < -0.3 is 0 Å². The molecule has 8 rings (SSSR count). The zero-order valence-corrected chi connectivity index (χ0v) is 21.7. The number of aryl methyl sites for hydroxylation is 1. The van der Waals surface area contributed by atoms with Crippen LogP contribution in [0, 0.1) is 22.0 Å². The molecule has 1 saturated heterocycles. The fraction of sp³-hybridized carbons (Fsp3) is 0.182. The molecule has 1 aliphatic heterocycles. The van der Waals surface area contributed by atoms with Gasteiger partial charge in [0.2, 0.25) is 11.8 Å². The highest BCUT2D eigenvalue weighted by molar-refractivity contribution is 6.25. The van der Waals surface area contributed by atoms with E-state index in [1.165, 1.54) is 23.8 Å². The minimum absolute atomic E-state index is 0.00616. The first-order valence-corrected chi connectivity index (χ1v) is 13.4. The predicted octanol–water partition coefficient (Wildman–Crippen LogP) is 6.11. The molecule has 4 aromatic rings. The molecule has 4 aromatic carbocycles. The quantitative estimate of drug-likeness (QED) is 0.135. The topological polar surface area (TPSA) is 92.9 Å². The Labute approximate surface area is 231 Å². The molecule has 4 aliphatic rings. The lowest BCUT2D eigenvalue weighted by atomic mass is 9.47. The summed E-state index contributed by atoms with van der Waals surface area (Å²) in [6, 6.07) is 29.8. The highest BCUT2D eigenvalue weighted by atomic mass is 16.6. The minimum Gasteiger partial charge on any atom is -0.274 e. The number of benzene rings is 4. The average Bonchev–Trinajstić information content (AvgIpc) is 3.26. The Morgan fingerprint density at radius 2 is 1.45 bits per heavy atom. The van der Waals surface area contributed by atoms with Crippen molar-refractivity contribution < 1.29 is 14.5 Å². The Morgan fingerprint density at radius 1 is 0.850 bits per heavy atom. The van der Waals surface area contributed by atoms with Crippen LogP contribution in [0.2, 0.25) is 0 Å². The van der Waals surface area contributed by atoms with Crippen LogP contribution in [0.1, 0.15) is 40.7 Å². The van der Waals surface area contributed by atoms with E-state index in [0.29, 0.717) is 0 Å². The number of para-hydroxylation sites is 2. The molecular weight excluding hydrogens is 502 g/mol. The van der Waals surface area contributed by atoms with Crippen LogP contribution in [0.25, 0.3) is 0 Å². The zero-order valence-electron chi connectivity index (χ0n) is 21.7. The van der Waals surface area contributed by atoms with E-state index < -0.39 is 34.0 Å². The first-order valence-electron chi connectivity index (χ1n) is 13.4. The van der Waals surface area contributed by atoms with Gasteiger partial charge in [0.25, 0.3) is 5.69 Å². The molecule has 0 N–H and O–H groups in total. The summed E-state index contributed by atoms with van der Waals surface area (Å²) in [6.45, 7) is 2.09. The van der Waals surface area contributed by atoms with Gasteiger partial charge in [0.05, 0.1) is 27.9 Å². The normalized spacial score (nSPS) is 24.2. The summed E-state index contributed by atoms with van der Waals surface area (Å²) in [7, 11) is 0. The van der Waals surface area contributed by atoms with E-state index in [-0.39, 0.29) is 17.3 Å². The van der Waals surface area contributed by atoms with Crippen molar-refractivity contribution in [3.8, 4) is 0 Å². The predicted molar refractivity (Wildman–Crippen MR) is 152 cm³/mol. The molecule has 7 heteroatoms. The summed E-state index contributed by atoms with van der Waals surface area (Å²) < 4.78 is 0. The Bertz CT molecular complexity index is 1700. The lowest BCUT2D eigenvalue weighted by Gasteiger charge is -2.52. The largest absolute Gasteiger partial charge is 0.293 e. The van der Waals surface area contributed by atoms with E-state index in [2.05, 4.69) is 6.92 Å². The molecule has 0 unspecified atom stereocenters. The highest BCUT2D eigenvalue weighted by Crippen LogP contribution is 2.64. The average molecular weight is 528 g/mol. The van der Waals surface area contributed by atoms with Crippen molar-refractivity contribution in [2.24, 2.45) is 16.8 Å².